The number of likely N-dealkylation sites (N-methyl/N-ethyl adjacent to an activating group) is 1. The molecule has 10 heteroatoms. The van der Waals surface area contributed by atoms with Gasteiger partial charge in [0.1, 0.15) is 19.8 Å². The number of phosphoric ester groups is 1. The highest BCUT2D eigenvalue weighted by atomic mass is 31.2. The van der Waals surface area contributed by atoms with Crippen molar-refractivity contribution < 1.29 is 42.1 Å². The molecule has 0 aromatic heterocycles. The molecule has 0 heterocycles. The van der Waals surface area contributed by atoms with E-state index in [0.717, 1.165) is 89.9 Å². The Morgan fingerprint density at radius 2 is 1.04 bits per heavy atom. The van der Waals surface area contributed by atoms with Crippen LogP contribution in [-0.4, -0.2) is 74.9 Å². The van der Waals surface area contributed by atoms with Crippen molar-refractivity contribution in [3.05, 3.63) is 48.6 Å². The number of hydrogen-bond donors (Lipinski definition) is 1. The Balaban J connectivity index is 4.45. The fourth-order valence-corrected chi connectivity index (χ4v) is 5.98. The molecule has 1 N–H and O–H groups in total. The summed E-state index contributed by atoms with van der Waals surface area (Å²) in [4.78, 5) is 35.3. The Morgan fingerprint density at radius 1 is 0.585 bits per heavy atom. The van der Waals surface area contributed by atoms with Crippen LogP contribution in [0.2, 0.25) is 0 Å². The summed E-state index contributed by atoms with van der Waals surface area (Å²) in [5, 5.41) is 0. The molecule has 1 unspecified atom stereocenters. The zero-order valence-electron chi connectivity index (χ0n) is 34.5. The number of rotatable bonds is 37. The number of nitrogens with zero attached hydrogens (tertiary/aromatic N) is 1. The summed E-state index contributed by atoms with van der Waals surface area (Å²) in [5.74, 6) is -0.835. The van der Waals surface area contributed by atoms with Crippen molar-refractivity contribution >= 4 is 19.8 Å². The molecule has 53 heavy (non-hydrogen) atoms. The fraction of sp³-hybridized carbons (Fsp3) is 0.767. The lowest BCUT2D eigenvalue weighted by Gasteiger charge is -2.24. The Labute approximate surface area is 324 Å². The number of carbonyl (C=O) groups is 2. The third kappa shape index (κ3) is 39.5. The molecule has 0 spiro atoms. The van der Waals surface area contributed by atoms with Gasteiger partial charge in [0, 0.05) is 12.8 Å². The largest absolute Gasteiger partial charge is 0.472 e. The highest BCUT2D eigenvalue weighted by molar-refractivity contribution is 7.47. The molecule has 9 nitrogen and oxygen atoms in total. The van der Waals surface area contributed by atoms with Crippen LogP contribution < -0.4 is 0 Å². The Bertz CT molecular complexity index is 1050. The van der Waals surface area contributed by atoms with E-state index in [0.29, 0.717) is 17.4 Å². The Hall–Kier alpha value is -2.03. The van der Waals surface area contributed by atoms with E-state index in [-0.39, 0.29) is 32.0 Å². The monoisotopic (exact) mass is 769 g/mol. The van der Waals surface area contributed by atoms with Crippen LogP contribution in [0.4, 0.5) is 0 Å². The Kier molecular flexibility index (Phi) is 34.3. The van der Waals surface area contributed by atoms with Crippen LogP contribution in [0.1, 0.15) is 162 Å². The van der Waals surface area contributed by atoms with E-state index in [1.54, 1.807) is 0 Å². The standard InChI is InChI=1S/C43H78NO8P/c1-6-8-10-12-14-16-18-20-22-24-25-27-29-31-33-35-42(45)49-39-41(40-51-53(47,48)50-38-37-44(3,4)5)52-43(46)36-34-32-30-28-26-23-21-19-17-15-13-11-9-7-2/h13-16,19-22,41H,6-12,17-18,23-40H2,1-5H3/p+1/b15-13+,16-14+,21-19+,22-20+/t41-/m1/s1. The number of phosphoric acid groups is 1. The minimum absolute atomic E-state index is 0.0248. The zero-order valence-corrected chi connectivity index (χ0v) is 35.4. The predicted molar refractivity (Wildman–Crippen MR) is 220 cm³/mol. The minimum Gasteiger partial charge on any atom is -0.462 e. The lowest BCUT2D eigenvalue weighted by molar-refractivity contribution is -0.870. The van der Waals surface area contributed by atoms with E-state index in [4.69, 9.17) is 18.5 Å². The fourth-order valence-electron chi connectivity index (χ4n) is 5.23. The average molecular weight is 769 g/mol. The van der Waals surface area contributed by atoms with Gasteiger partial charge in [0.15, 0.2) is 6.10 Å². The minimum atomic E-state index is -4.38. The van der Waals surface area contributed by atoms with Crippen LogP contribution in [0.3, 0.4) is 0 Å². The average Bonchev–Trinajstić information content (AvgIpc) is 3.10. The molecule has 0 rings (SSSR count). The molecule has 0 radical (unpaired) electrons. The van der Waals surface area contributed by atoms with E-state index in [2.05, 4.69) is 62.5 Å². The first kappa shape index (κ1) is 51.0. The van der Waals surface area contributed by atoms with Crippen LogP contribution in [0.5, 0.6) is 0 Å². The molecular weight excluding hydrogens is 689 g/mol. The summed E-state index contributed by atoms with van der Waals surface area (Å²) < 4.78 is 34.2. The van der Waals surface area contributed by atoms with Gasteiger partial charge in [0.25, 0.3) is 0 Å². The predicted octanol–water partition coefficient (Wildman–Crippen LogP) is 11.5. The second-order valence-corrected chi connectivity index (χ2v) is 16.5. The second-order valence-electron chi connectivity index (χ2n) is 15.0. The van der Waals surface area contributed by atoms with E-state index >= 15 is 0 Å². The van der Waals surface area contributed by atoms with E-state index < -0.39 is 26.5 Å². The van der Waals surface area contributed by atoms with Crippen molar-refractivity contribution in [3.8, 4) is 0 Å². The zero-order chi connectivity index (χ0) is 39.3. The summed E-state index contributed by atoms with van der Waals surface area (Å²) in [6.07, 6.45) is 40.1. The third-order valence-corrected chi connectivity index (χ3v) is 9.57. The van der Waals surface area contributed by atoms with Crippen LogP contribution in [-0.2, 0) is 32.7 Å². The van der Waals surface area contributed by atoms with Crippen LogP contribution >= 0.6 is 7.82 Å². The number of allylic oxidation sites excluding steroid dienone is 8. The second kappa shape index (κ2) is 35.7. The molecule has 0 bridgehead atoms. The lowest BCUT2D eigenvalue weighted by Crippen LogP contribution is -2.37. The van der Waals surface area contributed by atoms with Crippen molar-refractivity contribution in [3.63, 3.8) is 0 Å². The molecule has 0 saturated heterocycles. The van der Waals surface area contributed by atoms with Crippen molar-refractivity contribution in [1.29, 1.82) is 0 Å². The summed E-state index contributed by atoms with van der Waals surface area (Å²) in [7, 11) is 1.45. The first-order chi connectivity index (χ1) is 25.5. The molecule has 0 aromatic rings. The van der Waals surface area contributed by atoms with Crippen LogP contribution in [0, 0.1) is 0 Å². The molecule has 0 fully saturated rings. The van der Waals surface area contributed by atoms with Gasteiger partial charge in [0.05, 0.1) is 27.7 Å². The van der Waals surface area contributed by atoms with Gasteiger partial charge in [-0.05, 0) is 70.6 Å². The topological polar surface area (TPSA) is 108 Å². The number of unbranched alkanes of at least 4 members (excludes halogenated alkanes) is 15. The van der Waals surface area contributed by atoms with Crippen LogP contribution in [0.25, 0.3) is 0 Å². The first-order valence-electron chi connectivity index (χ1n) is 20.9. The first-order valence-corrected chi connectivity index (χ1v) is 22.4. The molecule has 308 valence electrons. The third-order valence-electron chi connectivity index (χ3n) is 8.58. The number of carbonyl (C=O) groups excluding carboxylic acids is 2. The normalized spacial score (nSPS) is 14.2. The van der Waals surface area contributed by atoms with Gasteiger partial charge in [0.2, 0.25) is 0 Å². The maximum Gasteiger partial charge on any atom is 0.472 e. The maximum atomic E-state index is 12.6. The van der Waals surface area contributed by atoms with Crippen LogP contribution in [0.15, 0.2) is 48.6 Å². The summed E-state index contributed by atoms with van der Waals surface area (Å²) in [6, 6.07) is 0. The Morgan fingerprint density at radius 3 is 1.55 bits per heavy atom. The van der Waals surface area contributed by atoms with Crippen molar-refractivity contribution in [2.45, 2.75) is 168 Å². The number of hydrogen-bond acceptors (Lipinski definition) is 7. The van der Waals surface area contributed by atoms with Crippen molar-refractivity contribution in [1.82, 2.24) is 0 Å². The van der Waals surface area contributed by atoms with Gasteiger partial charge < -0.3 is 18.9 Å². The smallest absolute Gasteiger partial charge is 0.462 e. The number of quaternary nitrogens is 1. The SMILES string of the molecule is CCCC/C=C/C/C=C/CCCCCCCC(=O)O[C@H](COC(=O)CCCCCCC/C=C/C/C=C/CCCCC)COP(=O)(O)OCC[N+](C)(C)C. The molecular formula is C43H79NO8P+. The van der Waals surface area contributed by atoms with E-state index in [9.17, 15) is 19.0 Å². The molecule has 0 aliphatic carbocycles. The van der Waals surface area contributed by atoms with Gasteiger partial charge in [-0.15, -0.1) is 0 Å². The highest BCUT2D eigenvalue weighted by Crippen LogP contribution is 2.43. The number of esters is 2. The van der Waals surface area contributed by atoms with Crippen molar-refractivity contribution in [2.75, 3.05) is 47.5 Å². The van der Waals surface area contributed by atoms with Gasteiger partial charge in [-0.1, -0.05) is 127 Å². The van der Waals surface area contributed by atoms with Gasteiger partial charge in [-0.2, -0.15) is 0 Å². The molecule has 0 amide bonds. The summed E-state index contributed by atoms with van der Waals surface area (Å²) in [6.45, 7) is 4.30. The lowest BCUT2D eigenvalue weighted by atomic mass is 10.1. The molecule has 0 aliphatic heterocycles. The van der Waals surface area contributed by atoms with Gasteiger partial charge in [-0.25, -0.2) is 4.57 Å². The highest BCUT2D eigenvalue weighted by Gasteiger charge is 2.27. The summed E-state index contributed by atoms with van der Waals surface area (Å²) in [5.41, 5.74) is 0. The maximum absolute atomic E-state index is 12.6. The molecule has 0 saturated carbocycles. The molecule has 0 aromatic carbocycles. The molecule has 0 aliphatic rings. The molecule has 2 atom stereocenters. The van der Waals surface area contributed by atoms with Gasteiger partial charge in [-0.3, -0.25) is 18.6 Å². The summed E-state index contributed by atoms with van der Waals surface area (Å²) >= 11 is 0. The quantitative estimate of drug-likeness (QED) is 0.0219. The number of ether oxygens (including phenoxy) is 2. The van der Waals surface area contributed by atoms with E-state index in [1.807, 2.05) is 21.1 Å². The van der Waals surface area contributed by atoms with Gasteiger partial charge >= 0.3 is 19.8 Å². The van der Waals surface area contributed by atoms with E-state index in [1.165, 1.54) is 38.5 Å². The van der Waals surface area contributed by atoms with Crippen molar-refractivity contribution in [2.24, 2.45) is 0 Å².